The summed E-state index contributed by atoms with van der Waals surface area (Å²) in [4.78, 5) is 11.1. The Balaban J connectivity index is 2.29. The van der Waals surface area contributed by atoms with E-state index in [0.29, 0.717) is 5.82 Å². The van der Waals surface area contributed by atoms with Gasteiger partial charge >= 0.3 is 6.09 Å². The van der Waals surface area contributed by atoms with Crippen molar-refractivity contribution in [3.63, 3.8) is 0 Å². The zero-order valence-electron chi connectivity index (χ0n) is 8.37. The summed E-state index contributed by atoms with van der Waals surface area (Å²) in [6.07, 6.45) is -0.492. The summed E-state index contributed by atoms with van der Waals surface area (Å²) in [5.74, 6) is 0.411. The summed E-state index contributed by atoms with van der Waals surface area (Å²) >= 11 is 0. The molecule has 78 valence electrons. The van der Waals surface area contributed by atoms with Crippen molar-refractivity contribution in [3.8, 4) is 0 Å². The second-order valence-electron chi connectivity index (χ2n) is 3.80. The molecule has 0 atom stereocenters. The highest BCUT2D eigenvalue weighted by Gasteiger charge is 2.14. The number of ether oxygens (including phenoxy) is 1. The first kappa shape index (κ1) is 10.4. The number of H-pyrrole nitrogens is 1. The second-order valence-corrected chi connectivity index (χ2v) is 3.80. The van der Waals surface area contributed by atoms with Crippen molar-refractivity contribution >= 4 is 6.09 Å². The molecule has 0 radical (unpaired) electrons. The van der Waals surface area contributed by atoms with Crippen molar-refractivity contribution in [3.05, 3.63) is 5.82 Å². The first-order valence-electron chi connectivity index (χ1n) is 4.15. The fraction of sp³-hybridized carbons (Fsp3) is 0.714. The first-order valence-corrected chi connectivity index (χ1v) is 4.15. The SMILES string of the molecule is CC(C)(C)NC(=O)OCc1nnn[nH]1. The number of nitrogens with zero attached hydrogens (tertiary/aromatic N) is 3. The monoisotopic (exact) mass is 199 g/mol. The third-order valence-electron chi connectivity index (χ3n) is 1.21. The van der Waals surface area contributed by atoms with Crippen LogP contribution in [0.5, 0.6) is 0 Å². The lowest BCUT2D eigenvalue weighted by atomic mass is 10.1. The van der Waals surface area contributed by atoms with Gasteiger partial charge in [-0.2, -0.15) is 0 Å². The minimum absolute atomic E-state index is 0.0366. The fourth-order valence-electron chi connectivity index (χ4n) is 0.716. The van der Waals surface area contributed by atoms with Crippen LogP contribution in [-0.2, 0) is 11.3 Å². The van der Waals surface area contributed by atoms with Crippen LogP contribution in [0, 0.1) is 0 Å². The molecule has 1 rings (SSSR count). The lowest BCUT2D eigenvalue weighted by Crippen LogP contribution is -2.40. The van der Waals surface area contributed by atoms with Crippen LogP contribution in [0.15, 0.2) is 0 Å². The highest BCUT2D eigenvalue weighted by atomic mass is 16.5. The lowest BCUT2D eigenvalue weighted by molar-refractivity contribution is 0.128. The summed E-state index contributed by atoms with van der Waals surface area (Å²) < 4.78 is 4.84. The Kier molecular flexibility index (Phi) is 3.00. The number of amides is 1. The van der Waals surface area contributed by atoms with E-state index in [1.54, 1.807) is 0 Å². The Bertz CT molecular complexity index is 290. The number of rotatable bonds is 2. The van der Waals surface area contributed by atoms with E-state index < -0.39 is 6.09 Å². The van der Waals surface area contributed by atoms with Gasteiger partial charge in [0.15, 0.2) is 12.4 Å². The quantitative estimate of drug-likeness (QED) is 0.710. The van der Waals surface area contributed by atoms with E-state index in [0.717, 1.165) is 0 Å². The van der Waals surface area contributed by atoms with Gasteiger partial charge in [0.05, 0.1) is 0 Å². The molecule has 0 saturated carbocycles. The number of carbonyl (C=O) groups excluding carboxylic acids is 1. The van der Waals surface area contributed by atoms with Gasteiger partial charge < -0.3 is 10.1 Å². The average Bonchev–Trinajstić information content (AvgIpc) is 2.49. The number of tetrazole rings is 1. The van der Waals surface area contributed by atoms with Crippen LogP contribution < -0.4 is 5.32 Å². The fourth-order valence-corrected chi connectivity index (χ4v) is 0.716. The minimum Gasteiger partial charge on any atom is -0.441 e. The molecule has 0 bridgehead atoms. The molecular formula is C7H13N5O2. The van der Waals surface area contributed by atoms with Gasteiger partial charge in [-0.3, -0.25) is 0 Å². The zero-order valence-corrected chi connectivity index (χ0v) is 8.37. The molecule has 14 heavy (non-hydrogen) atoms. The highest BCUT2D eigenvalue weighted by molar-refractivity contribution is 5.67. The maximum Gasteiger partial charge on any atom is 0.407 e. The van der Waals surface area contributed by atoms with Crippen LogP contribution in [0.25, 0.3) is 0 Å². The molecular weight excluding hydrogens is 186 g/mol. The van der Waals surface area contributed by atoms with Crippen molar-refractivity contribution < 1.29 is 9.53 Å². The largest absolute Gasteiger partial charge is 0.441 e. The third-order valence-corrected chi connectivity index (χ3v) is 1.21. The van der Waals surface area contributed by atoms with Gasteiger partial charge in [0.1, 0.15) is 0 Å². The van der Waals surface area contributed by atoms with Gasteiger partial charge in [-0.1, -0.05) is 0 Å². The number of alkyl carbamates (subject to hydrolysis) is 1. The molecule has 0 aliphatic heterocycles. The number of hydrogen-bond donors (Lipinski definition) is 2. The van der Waals surface area contributed by atoms with Gasteiger partial charge in [0, 0.05) is 5.54 Å². The average molecular weight is 199 g/mol. The minimum atomic E-state index is -0.492. The van der Waals surface area contributed by atoms with E-state index in [-0.39, 0.29) is 12.1 Å². The molecule has 2 N–H and O–H groups in total. The van der Waals surface area contributed by atoms with Gasteiger partial charge in [-0.25, -0.2) is 9.89 Å². The predicted octanol–water partition coefficient (Wildman–Crippen LogP) is 0.224. The van der Waals surface area contributed by atoms with Crippen molar-refractivity contribution in [2.24, 2.45) is 0 Å². The molecule has 0 spiro atoms. The van der Waals surface area contributed by atoms with E-state index >= 15 is 0 Å². The molecule has 0 aliphatic carbocycles. The van der Waals surface area contributed by atoms with Crippen LogP contribution in [0.4, 0.5) is 4.79 Å². The molecule has 0 saturated heterocycles. The summed E-state index contributed by atoms with van der Waals surface area (Å²) in [5.41, 5.74) is -0.309. The number of carbonyl (C=O) groups is 1. The second kappa shape index (κ2) is 4.03. The van der Waals surface area contributed by atoms with Gasteiger partial charge in [-0.05, 0) is 31.2 Å². The van der Waals surface area contributed by atoms with Crippen molar-refractivity contribution in [1.82, 2.24) is 25.9 Å². The van der Waals surface area contributed by atoms with Crippen LogP contribution in [0.1, 0.15) is 26.6 Å². The van der Waals surface area contributed by atoms with Crippen molar-refractivity contribution in [2.45, 2.75) is 32.9 Å². The Morgan fingerprint density at radius 2 is 2.29 bits per heavy atom. The third kappa shape index (κ3) is 3.83. The maximum absolute atomic E-state index is 11.1. The summed E-state index contributed by atoms with van der Waals surface area (Å²) in [6, 6.07) is 0. The lowest BCUT2D eigenvalue weighted by Gasteiger charge is -2.19. The maximum atomic E-state index is 11.1. The van der Waals surface area contributed by atoms with E-state index in [1.165, 1.54) is 0 Å². The number of aromatic amines is 1. The summed E-state index contributed by atoms with van der Waals surface area (Å²) in [5, 5.41) is 15.4. The standard InChI is InChI=1S/C7H13N5O2/c1-7(2,3)8-6(13)14-4-5-9-11-12-10-5/h4H2,1-3H3,(H,8,13)(H,9,10,11,12). The molecule has 0 fully saturated rings. The summed E-state index contributed by atoms with van der Waals surface area (Å²) in [6.45, 7) is 5.63. The Morgan fingerprint density at radius 1 is 1.57 bits per heavy atom. The molecule has 1 amide bonds. The molecule has 7 nitrogen and oxygen atoms in total. The van der Waals surface area contributed by atoms with Crippen LogP contribution in [0.3, 0.4) is 0 Å². The molecule has 1 aromatic rings. The topological polar surface area (TPSA) is 92.8 Å². The molecule has 7 heteroatoms. The van der Waals surface area contributed by atoms with E-state index in [1.807, 2.05) is 20.8 Å². The molecule has 0 aliphatic rings. The van der Waals surface area contributed by atoms with Gasteiger partial charge in [0.25, 0.3) is 0 Å². The molecule has 0 aromatic carbocycles. The molecule has 1 heterocycles. The van der Waals surface area contributed by atoms with Crippen LogP contribution in [0.2, 0.25) is 0 Å². The van der Waals surface area contributed by atoms with Crippen LogP contribution >= 0.6 is 0 Å². The zero-order chi connectivity index (χ0) is 10.6. The number of nitrogens with one attached hydrogen (secondary N) is 2. The highest BCUT2D eigenvalue weighted by Crippen LogP contribution is 1.99. The van der Waals surface area contributed by atoms with Gasteiger partial charge in [-0.15, -0.1) is 5.10 Å². The smallest absolute Gasteiger partial charge is 0.407 e. The number of hydrogen-bond acceptors (Lipinski definition) is 5. The first-order chi connectivity index (χ1) is 6.47. The Labute approximate surface area is 81.2 Å². The summed E-state index contributed by atoms with van der Waals surface area (Å²) in [7, 11) is 0. The van der Waals surface area contributed by atoms with Crippen LogP contribution in [-0.4, -0.2) is 32.3 Å². The predicted molar refractivity (Wildman–Crippen MR) is 47.3 cm³/mol. The van der Waals surface area contributed by atoms with E-state index in [4.69, 9.17) is 4.74 Å². The molecule has 0 unspecified atom stereocenters. The van der Waals surface area contributed by atoms with E-state index in [9.17, 15) is 4.79 Å². The Hall–Kier alpha value is -1.66. The van der Waals surface area contributed by atoms with Crippen molar-refractivity contribution in [1.29, 1.82) is 0 Å². The van der Waals surface area contributed by atoms with E-state index in [2.05, 4.69) is 25.9 Å². The van der Waals surface area contributed by atoms with Gasteiger partial charge in [0.2, 0.25) is 0 Å². The molecule has 1 aromatic heterocycles. The normalized spacial score (nSPS) is 11.1. The number of aromatic nitrogens is 4. The Morgan fingerprint density at radius 3 is 2.79 bits per heavy atom. The van der Waals surface area contributed by atoms with Crippen molar-refractivity contribution in [2.75, 3.05) is 0 Å².